The standard InChI is InChI=1S/C26H22N4/c27-20-12-16-7-3-8-17-22(11-10-18(24(16)17)25(20)29)30-26-19-9-2-5-14-4-1-6-15(23(14)19)13-21(26)28/h1-4,6-13,22,30H,5,27-29H2. The SMILES string of the molecule is Nc1cc2cccc3c2c(c1N)C=CC3Nc1c(N)cc2cccc3c2c1C=CC3. The van der Waals surface area contributed by atoms with Crippen molar-refractivity contribution >= 4 is 56.4 Å². The van der Waals surface area contributed by atoms with Crippen molar-refractivity contribution in [2.75, 3.05) is 22.5 Å². The Morgan fingerprint density at radius 3 is 2.43 bits per heavy atom. The smallest absolute Gasteiger partial charge is 0.0708 e. The van der Waals surface area contributed by atoms with Crippen molar-refractivity contribution in [3.63, 3.8) is 0 Å². The van der Waals surface area contributed by atoms with Crippen molar-refractivity contribution in [2.24, 2.45) is 0 Å². The molecule has 30 heavy (non-hydrogen) atoms. The summed E-state index contributed by atoms with van der Waals surface area (Å²) in [7, 11) is 0. The minimum absolute atomic E-state index is 0.0114. The average molecular weight is 390 g/mol. The van der Waals surface area contributed by atoms with Crippen molar-refractivity contribution in [1.82, 2.24) is 0 Å². The van der Waals surface area contributed by atoms with E-state index in [0.29, 0.717) is 11.4 Å². The molecule has 0 radical (unpaired) electrons. The Hall–Kier alpha value is -3.92. The maximum Gasteiger partial charge on any atom is 0.0708 e. The zero-order valence-electron chi connectivity index (χ0n) is 16.4. The Morgan fingerprint density at radius 1 is 0.800 bits per heavy atom. The van der Waals surface area contributed by atoms with Crippen LogP contribution in [0.4, 0.5) is 22.7 Å². The fraction of sp³-hybridized carbons (Fsp3) is 0.0769. The van der Waals surface area contributed by atoms with Gasteiger partial charge in [-0.25, -0.2) is 0 Å². The van der Waals surface area contributed by atoms with E-state index in [9.17, 15) is 0 Å². The Kier molecular flexibility index (Phi) is 3.42. The quantitative estimate of drug-likeness (QED) is 0.341. The van der Waals surface area contributed by atoms with Gasteiger partial charge in [-0.3, -0.25) is 0 Å². The van der Waals surface area contributed by atoms with Crippen LogP contribution in [0, 0.1) is 0 Å². The third-order valence-electron chi connectivity index (χ3n) is 6.34. The second-order valence-electron chi connectivity index (χ2n) is 8.10. The number of hydrogen-bond donors (Lipinski definition) is 4. The molecule has 1 unspecified atom stereocenters. The van der Waals surface area contributed by atoms with E-state index in [1.807, 2.05) is 6.07 Å². The molecule has 0 aliphatic heterocycles. The highest BCUT2D eigenvalue weighted by Gasteiger charge is 2.23. The van der Waals surface area contributed by atoms with Gasteiger partial charge in [0.2, 0.25) is 0 Å². The van der Waals surface area contributed by atoms with Crippen LogP contribution in [0.15, 0.2) is 60.7 Å². The van der Waals surface area contributed by atoms with E-state index in [4.69, 9.17) is 17.2 Å². The van der Waals surface area contributed by atoms with E-state index in [1.54, 1.807) is 0 Å². The summed E-state index contributed by atoms with van der Waals surface area (Å²) in [5.74, 6) is 0. The maximum absolute atomic E-state index is 6.53. The molecule has 146 valence electrons. The van der Waals surface area contributed by atoms with Gasteiger partial charge in [0.05, 0.1) is 28.8 Å². The Labute approximate surface area is 174 Å². The third kappa shape index (κ3) is 2.28. The Balaban J connectivity index is 1.54. The monoisotopic (exact) mass is 390 g/mol. The molecule has 4 nitrogen and oxygen atoms in total. The second kappa shape index (κ2) is 6.04. The molecule has 6 rings (SSSR count). The van der Waals surface area contributed by atoms with Crippen molar-refractivity contribution in [3.05, 3.63) is 82.9 Å². The molecule has 0 spiro atoms. The fourth-order valence-corrected chi connectivity index (χ4v) is 4.96. The van der Waals surface area contributed by atoms with E-state index >= 15 is 0 Å². The van der Waals surface area contributed by atoms with Gasteiger partial charge in [-0.05, 0) is 51.2 Å². The first-order valence-corrected chi connectivity index (χ1v) is 10.2. The van der Waals surface area contributed by atoms with Gasteiger partial charge in [0.1, 0.15) is 0 Å². The average Bonchev–Trinajstić information content (AvgIpc) is 2.75. The second-order valence-corrected chi connectivity index (χ2v) is 8.10. The van der Waals surface area contributed by atoms with Crippen LogP contribution >= 0.6 is 0 Å². The molecular weight excluding hydrogens is 368 g/mol. The van der Waals surface area contributed by atoms with Gasteiger partial charge in [0.15, 0.2) is 0 Å². The summed E-state index contributed by atoms with van der Waals surface area (Å²) in [5, 5.41) is 8.44. The van der Waals surface area contributed by atoms with Gasteiger partial charge in [-0.1, -0.05) is 60.7 Å². The van der Waals surface area contributed by atoms with Crippen LogP contribution in [0.3, 0.4) is 0 Å². The largest absolute Gasteiger partial charge is 0.397 e. The van der Waals surface area contributed by atoms with Gasteiger partial charge in [0.25, 0.3) is 0 Å². The lowest BCUT2D eigenvalue weighted by Crippen LogP contribution is -2.15. The third-order valence-corrected chi connectivity index (χ3v) is 6.34. The van der Waals surface area contributed by atoms with Crippen molar-refractivity contribution in [2.45, 2.75) is 12.5 Å². The van der Waals surface area contributed by atoms with Gasteiger partial charge in [-0.15, -0.1) is 0 Å². The minimum atomic E-state index is -0.0114. The lowest BCUT2D eigenvalue weighted by atomic mass is 9.87. The highest BCUT2D eigenvalue weighted by molar-refractivity contribution is 6.06. The number of nitrogen functional groups attached to an aromatic ring is 3. The van der Waals surface area contributed by atoms with E-state index in [2.05, 4.69) is 72.1 Å². The van der Waals surface area contributed by atoms with Gasteiger partial charge in [-0.2, -0.15) is 0 Å². The number of nitrogens with one attached hydrogen (secondary N) is 1. The fourth-order valence-electron chi connectivity index (χ4n) is 4.96. The van der Waals surface area contributed by atoms with Crippen LogP contribution in [-0.4, -0.2) is 0 Å². The molecule has 7 N–H and O–H groups in total. The number of allylic oxidation sites excluding steroid dienone is 1. The van der Waals surface area contributed by atoms with Crippen LogP contribution in [0.5, 0.6) is 0 Å². The molecule has 0 bridgehead atoms. The first kappa shape index (κ1) is 17.0. The lowest BCUT2D eigenvalue weighted by molar-refractivity contribution is 0.997. The normalized spacial score (nSPS) is 16.3. The summed E-state index contributed by atoms with van der Waals surface area (Å²) in [4.78, 5) is 0. The number of rotatable bonds is 2. The van der Waals surface area contributed by atoms with E-state index in [1.165, 1.54) is 21.9 Å². The molecule has 0 aromatic heterocycles. The highest BCUT2D eigenvalue weighted by Crippen LogP contribution is 2.43. The molecule has 0 amide bonds. The number of anilines is 4. The minimum Gasteiger partial charge on any atom is -0.397 e. The lowest BCUT2D eigenvalue weighted by Gasteiger charge is -2.27. The molecule has 0 heterocycles. The first-order chi connectivity index (χ1) is 14.6. The summed E-state index contributed by atoms with van der Waals surface area (Å²) in [6.45, 7) is 0. The zero-order valence-corrected chi connectivity index (χ0v) is 16.4. The van der Waals surface area contributed by atoms with E-state index in [0.717, 1.165) is 39.7 Å². The summed E-state index contributed by atoms with van der Waals surface area (Å²) in [5.41, 5.74) is 26.6. The summed E-state index contributed by atoms with van der Waals surface area (Å²) >= 11 is 0. The molecule has 0 fully saturated rings. The molecule has 2 aliphatic carbocycles. The van der Waals surface area contributed by atoms with Crippen molar-refractivity contribution < 1.29 is 0 Å². The summed E-state index contributed by atoms with van der Waals surface area (Å²) in [6.07, 6.45) is 9.56. The molecule has 4 heteroatoms. The van der Waals surface area contributed by atoms with Crippen LogP contribution in [0.2, 0.25) is 0 Å². The van der Waals surface area contributed by atoms with Crippen LogP contribution < -0.4 is 22.5 Å². The van der Waals surface area contributed by atoms with Crippen LogP contribution in [0.25, 0.3) is 33.7 Å². The van der Waals surface area contributed by atoms with Gasteiger partial charge < -0.3 is 22.5 Å². The summed E-state index contributed by atoms with van der Waals surface area (Å²) < 4.78 is 0. The molecular formula is C26H22N4. The van der Waals surface area contributed by atoms with Crippen LogP contribution in [0.1, 0.15) is 28.3 Å². The first-order valence-electron chi connectivity index (χ1n) is 10.2. The Morgan fingerprint density at radius 2 is 1.57 bits per heavy atom. The molecule has 1 atom stereocenters. The zero-order chi connectivity index (χ0) is 20.4. The Bertz CT molecular complexity index is 1430. The van der Waals surface area contributed by atoms with E-state index < -0.39 is 0 Å². The van der Waals surface area contributed by atoms with Gasteiger partial charge in [0, 0.05) is 11.1 Å². The van der Waals surface area contributed by atoms with E-state index in [-0.39, 0.29) is 6.04 Å². The molecule has 2 aliphatic rings. The highest BCUT2D eigenvalue weighted by atomic mass is 14.9. The predicted molar refractivity (Wildman–Crippen MR) is 129 cm³/mol. The number of benzene rings is 4. The number of nitrogens with two attached hydrogens (primary N) is 3. The number of hydrogen-bond acceptors (Lipinski definition) is 4. The molecule has 0 saturated heterocycles. The molecule has 0 saturated carbocycles. The maximum atomic E-state index is 6.53. The van der Waals surface area contributed by atoms with Crippen LogP contribution in [-0.2, 0) is 6.42 Å². The topological polar surface area (TPSA) is 90.1 Å². The van der Waals surface area contributed by atoms with Gasteiger partial charge >= 0.3 is 0 Å². The molecule has 4 aromatic carbocycles. The summed E-state index contributed by atoms with van der Waals surface area (Å²) in [6, 6.07) is 16.7. The van der Waals surface area contributed by atoms with Crippen molar-refractivity contribution in [1.29, 1.82) is 0 Å². The molecule has 4 aromatic rings. The predicted octanol–water partition coefficient (Wildman–Crippen LogP) is 5.49. The van der Waals surface area contributed by atoms with Crippen molar-refractivity contribution in [3.8, 4) is 0 Å².